The Bertz CT molecular complexity index is 980. The summed E-state index contributed by atoms with van der Waals surface area (Å²) in [6, 6.07) is 4.15. The Morgan fingerprint density at radius 1 is 1.06 bits per heavy atom. The number of aliphatic hydroxyl groups is 1. The Balaban J connectivity index is 1.37. The average Bonchev–Trinajstić information content (AvgIpc) is 3.51. The zero-order valence-electron chi connectivity index (χ0n) is 17.2. The van der Waals surface area contributed by atoms with Gasteiger partial charge in [-0.15, -0.1) is 0 Å². The van der Waals surface area contributed by atoms with Crippen molar-refractivity contribution in [1.82, 2.24) is 20.9 Å². The molecule has 9 nitrogen and oxygen atoms in total. The molecule has 5 rings (SSSR count). The van der Waals surface area contributed by atoms with Crippen molar-refractivity contribution in [3.63, 3.8) is 0 Å². The van der Waals surface area contributed by atoms with Gasteiger partial charge in [0.25, 0.3) is 11.8 Å². The lowest BCUT2D eigenvalue weighted by Gasteiger charge is -2.40. The van der Waals surface area contributed by atoms with E-state index in [2.05, 4.69) is 16.0 Å². The largest absolute Gasteiger partial charge is 0.388 e. The smallest absolute Gasteiger partial charge is 0.262 e. The summed E-state index contributed by atoms with van der Waals surface area (Å²) in [6.07, 6.45) is 3.31. The fourth-order valence-electron chi connectivity index (χ4n) is 5.25. The van der Waals surface area contributed by atoms with E-state index in [1.54, 1.807) is 18.2 Å². The molecular formula is C22H26N4O5. The van der Waals surface area contributed by atoms with Gasteiger partial charge in [0.2, 0.25) is 11.8 Å². The van der Waals surface area contributed by atoms with Crippen LogP contribution in [0.25, 0.3) is 0 Å². The van der Waals surface area contributed by atoms with E-state index in [4.69, 9.17) is 0 Å². The molecule has 1 aromatic rings. The second-order valence-electron chi connectivity index (χ2n) is 9.00. The predicted molar refractivity (Wildman–Crippen MR) is 109 cm³/mol. The molecule has 0 aromatic heterocycles. The normalized spacial score (nSPS) is 26.6. The van der Waals surface area contributed by atoms with Crippen molar-refractivity contribution in [2.45, 2.75) is 62.3 Å². The lowest BCUT2D eigenvalue weighted by Crippen LogP contribution is -2.57. The number of piperidine rings is 2. The van der Waals surface area contributed by atoms with Crippen LogP contribution in [0, 0.1) is 0 Å². The number of hydrogen-bond acceptors (Lipinski definition) is 7. The Hall–Kier alpha value is -2.62. The molecule has 1 saturated carbocycles. The van der Waals surface area contributed by atoms with Gasteiger partial charge in [0.15, 0.2) is 0 Å². The van der Waals surface area contributed by atoms with Gasteiger partial charge in [0.1, 0.15) is 6.04 Å². The van der Waals surface area contributed by atoms with Crippen LogP contribution in [0.15, 0.2) is 18.2 Å². The fraction of sp³-hybridized carbons (Fsp3) is 0.545. The van der Waals surface area contributed by atoms with Gasteiger partial charge in [-0.3, -0.25) is 29.4 Å². The Kier molecular flexibility index (Phi) is 4.72. The Morgan fingerprint density at radius 2 is 1.81 bits per heavy atom. The van der Waals surface area contributed by atoms with Crippen molar-refractivity contribution < 1.29 is 24.3 Å². The minimum Gasteiger partial charge on any atom is -0.388 e. The van der Waals surface area contributed by atoms with Gasteiger partial charge in [0, 0.05) is 18.5 Å². The lowest BCUT2D eigenvalue weighted by atomic mass is 9.82. The minimum atomic E-state index is -0.976. The van der Waals surface area contributed by atoms with E-state index >= 15 is 0 Å². The summed E-state index contributed by atoms with van der Waals surface area (Å²) >= 11 is 0. The number of rotatable bonds is 5. The van der Waals surface area contributed by atoms with Gasteiger partial charge >= 0.3 is 0 Å². The summed E-state index contributed by atoms with van der Waals surface area (Å²) in [6.45, 7) is 1.89. The van der Waals surface area contributed by atoms with Crippen LogP contribution in [-0.4, -0.2) is 63.9 Å². The third kappa shape index (κ3) is 3.19. The molecule has 4 aliphatic rings. The highest BCUT2D eigenvalue weighted by atomic mass is 16.3. The first-order valence-corrected chi connectivity index (χ1v) is 10.9. The summed E-state index contributed by atoms with van der Waals surface area (Å²) < 4.78 is 0. The van der Waals surface area contributed by atoms with Gasteiger partial charge in [0.05, 0.1) is 16.7 Å². The number of nitrogens with one attached hydrogen (secondary N) is 3. The topological polar surface area (TPSA) is 128 Å². The highest BCUT2D eigenvalue weighted by molar-refractivity contribution is 6.24. The number of carbonyl (C=O) groups excluding carboxylic acids is 4. The van der Waals surface area contributed by atoms with Crippen molar-refractivity contribution >= 4 is 23.6 Å². The monoisotopic (exact) mass is 426 g/mol. The maximum Gasteiger partial charge on any atom is 0.262 e. The predicted octanol–water partition coefficient (Wildman–Crippen LogP) is -0.175. The van der Waals surface area contributed by atoms with Crippen molar-refractivity contribution in [2.24, 2.45) is 0 Å². The van der Waals surface area contributed by atoms with Crippen LogP contribution >= 0.6 is 0 Å². The van der Waals surface area contributed by atoms with Crippen molar-refractivity contribution in [2.75, 3.05) is 13.1 Å². The molecule has 164 valence electrons. The Labute approximate surface area is 179 Å². The maximum atomic E-state index is 13.2. The summed E-state index contributed by atoms with van der Waals surface area (Å²) in [7, 11) is 0. The molecule has 0 spiro atoms. The first-order valence-electron chi connectivity index (χ1n) is 10.9. The summed E-state index contributed by atoms with van der Waals surface area (Å²) in [5, 5.41) is 20.2. The SMILES string of the molecule is O=C1CCC(N2C(=O)c3cccc(CNC4(C5(O)CCNCC5)CC4)c3C2=O)C(=O)N1. The third-order valence-corrected chi connectivity index (χ3v) is 7.24. The number of hydrogen-bond donors (Lipinski definition) is 4. The van der Waals surface area contributed by atoms with Gasteiger partial charge in [-0.2, -0.15) is 0 Å². The van der Waals surface area contributed by atoms with Crippen LogP contribution < -0.4 is 16.0 Å². The average molecular weight is 426 g/mol. The number of imide groups is 2. The molecule has 4 amide bonds. The van der Waals surface area contributed by atoms with Crippen molar-refractivity contribution in [1.29, 1.82) is 0 Å². The van der Waals surface area contributed by atoms with E-state index in [0.717, 1.165) is 30.8 Å². The summed E-state index contributed by atoms with van der Waals surface area (Å²) in [5.74, 6) is -2.02. The standard InChI is InChI=1S/C22H26N4O5/c27-16-5-4-15(18(28)25-16)26-19(29)14-3-1-2-13(17(14)20(26)30)12-24-21(6-7-21)22(31)8-10-23-11-9-22/h1-3,15,23-24,31H,4-12H2,(H,25,27,28). The molecule has 3 heterocycles. The van der Waals surface area contributed by atoms with Crippen LogP contribution in [0.1, 0.15) is 64.8 Å². The van der Waals surface area contributed by atoms with E-state index in [1.165, 1.54) is 0 Å². The van der Waals surface area contributed by atoms with Crippen LogP contribution in [-0.2, 0) is 16.1 Å². The minimum absolute atomic E-state index is 0.0915. The molecule has 0 radical (unpaired) electrons. The molecule has 1 aromatic carbocycles. The molecule has 3 fully saturated rings. The molecule has 4 N–H and O–H groups in total. The zero-order chi connectivity index (χ0) is 21.8. The quantitative estimate of drug-likeness (QED) is 0.481. The van der Waals surface area contributed by atoms with Crippen LogP contribution in [0.4, 0.5) is 0 Å². The van der Waals surface area contributed by atoms with E-state index in [0.29, 0.717) is 30.5 Å². The number of fused-ring (bicyclic) bond motifs is 1. The molecule has 1 unspecified atom stereocenters. The van der Waals surface area contributed by atoms with Crippen LogP contribution in [0.3, 0.4) is 0 Å². The summed E-state index contributed by atoms with van der Waals surface area (Å²) in [5.41, 5.74) is 0.105. The van der Waals surface area contributed by atoms with E-state index in [1.807, 2.05) is 0 Å². The molecule has 0 bridgehead atoms. The van der Waals surface area contributed by atoms with Gasteiger partial charge < -0.3 is 15.7 Å². The molecule has 3 aliphatic heterocycles. The fourth-order valence-corrected chi connectivity index (χ4v) is 5.25. The molecule has 1 atom stereocenters. The number of carbonyl (C=O) groups is 4. The first-order chi connectivity index (χ1) is 14.9. The van der Waals surface area contributed by atoms with E-state index < -0.39 is 35.3 Å². The number of nitrogens with zero attached hydrogens (tertiary/aromatic N) is 1. The Morgan fingerprint density at radius 3 is 2.48 bits per heavy atom. The van der Waals surface area contributed by atoms with Gasteiger partial charge in [-0.1, -0.05) is 12.1 Å². The molecule has 31 heavy (non-hydrogen) atoms. The van der Waals surface area contributed by atoms with Crippen LogP contribution in [0.5, 0.6) is 0 Å². The highest BCUT2D eigenvalue weighted by Gasteiger charge is 2.58. The summed E-state index contributed by atoms with van der Waals surface area (Å²) in [4.78, 5) is 50.9. The highest BCUT2D eigenvalue weighted by Crippen LogP contribution is 2.49. The first kappa shape index (κ1) is 20.3. The zero-order valence-corrected chi connectivity index (χ0v) is 17.2. The van der Waals surface area contributed by atoms with Crippen LogP contribution in [0.2, 0.25) is 0 Å². The lowest BCUT2D eigenvalue weighted by molar-refractivity contribution is -0.136. The molecule has 2 saturated heterocycles. The third-order valence-electron chi connectivity index (χ3n) is 7.24. The van der Waals surface area contributed by atoms with E-state index in [9.17, 15) is 24.3 Å². The van der Waals surface area contributed by atoms with Gasteiger partial charge in [-0.05, 0) is 56.8 Å². The van der Waals surface area contributed by atoms with Crippen molar-refractivity contribution in [3.8, 4) is 0 Å². The van der Waals surface area contributed by atoms with E-state index in [-0.39, 0.29) is 23.9 Å². The second-order valence-corrected chi connectivity index (χ2v) is 9.00. The van der Waals surface area contributed by atoms with Gasteiger partial charge in [-0.25, -0.2) is 0 Å². The van der Waals surface area contributed by atoms with Crippen molar-refractivity contribution in [3.05, 3.63) is 34.9 Å². The number of benzene rings is 1. The maximum absolute atomic E-state index is 13.2. The molecule has 9 heteroatoms. The second kappa shape index (κ2) is 7.22. The molecule has 1 aliphatic carbocycles. The number of amides is 4. The molecular weight excluding hydrogens is 400 g/mol.